The smallest absolute Gasteiger partial charge is 0.122 e. The van der Waals surface area contributed by atoms with Gasteiger partial charge in [0.05, 0.1) is 12.8 Å². The first-order valence-electron chi connectivity index (χ1n) is 8.17. The maximum atomic E-state index is 5.66. The Morgan fingerprint density at radius 2 is 1.95 bits per heavy atom. The molecule has 0 bridgehead atoms. The number of rotatable bonds is 6. The summed E-state index contributed by atoms with van der Waals surface area (Å²) in [6.07, 6.45) is 1.82. The van der Waals surface area contributed by atoms with Crippen LogP contribution in [0.25, 0.3) is 0 Å². The van der Waals surface area contributed by atoms with E-state index in [-0.39, 0.29) is 0 Å². The van der Waals surface area contributed by atoms with Gasteiger partial charge in [0.25, 0.3) is 0 Å². The van der Waals surface area contributed by atoms with Crippen molar-refractivity contribution in [1.29, 1.82) is 0 Å². The van der Waals surface area contributed by atoms with E-state index in [2.05, 4.69) is 55.9 Å². The summed E-state index contributed by atoms with van der Waals surface area (Å²) < 4.78 is 5.66. The number of nitrogens with zero attached hydrogens (tertiary/aromatic N) is 2. The maximum Gasteiger partial charge on any atom is 0.122 e. The molecule has 0 amide bonds. The highest BCUT2D eigenvalue weighted by atomic mass is 16.3. The highest BCUT2D eigenvalue weighted by Gasteiger charge is 2.26. The summed E-state index contributed by atoms with van der Waals surface area (Å²) in [5, 5.41) is 3.47. The standard InChI is InChI=1S/C17H31N3O/c1-13(2)8-18-9-17-16(6-7-21-17)12-20-10-14(3)19(5)15(4)11-20/h6-7,13-15,18H,8-12H2,1-5H3. The van der Waals surface area contributed by atoms with Crippen LogP contribution in [0.5, 0.6) is 0 Å². The molecule has 0 saturated carbocycles. The fraction of sp³-hybridized carbons (Fsp3) is 0.765. The molecule has 0 aliphatic carbocycles. The molecule has 0 radical (unpaired) electrons. The minimum Gasteiger partial charge on any atom is -0.468 e. The zero-order valence-electron chi connectivity index (χ0n) is 14.2. The van der Waals surface area contributed by atoms with E-state index in [0.29, 0.717) is 18.0 Å². The van der Waals surface area contributed by atoms with Crippen LogP contribution < -0.4 is 5.32 Å². The van der Waals surface area contributed by atoms with Crippen LogP contribution in [-0.4, -0.2) is 48.6 Å². The second-order valence-electron chi connectivity index (χ2n) is 6.95. The van der Waals surface area contributed by atoms with Crippen LogP contribution in [0.3, 0.4) is 0 Å². The predicted molar refractivity (Wildman–Crippen MR) is 87.2 cm³/mol. The summed E-state index contributed by atoms with van der Waals surface area (Å²) >= 11 is 0. The van der Waals surface area contributed by atoms with Gasteiger partial charge in [0.1, 0.15) is 5.76 Å². The third-order valence-corrected chi connectivity index (χ3v) is 4.51. The van der Waals surface area contributed by atoms with Gasteiger partial charge < -0.3 is 9.73 Å². The Morgan fingerprint density at radius 3 is 2.57 bits per heavy atom. The molecular formula is C17H31N3O. The van der Waals surface area contributed by atoms with E-state index in [1.165, 1.54) is 5.56 Å². The Morgan fingerprint density at radius 1 is 1.29 bits per heavy atom. The molecule has 2 rings (SSSR count). The van der Waals surface area contributed by atoms with Crippen LogP contribution in [0.2, 0.25) is 0 Å². The first kappa shape index (κ1) is 16.5. The monoisotopic (exact) mass is 293 g/mol. The summed E-state index contributed by atoms with van der Waals surface area (Å²) in [7, 11) is 2.23. The highest BCUT2D eigenvalue weighted by molar-refractivity contribution is 5.17. The van der Waals surface area contributed by atoms with Gasteiger partial charge in [-0.05, 0) is 39.4 Å². The van der Waals surface area contributed by atoms with Crippen LogP contribution in [0.1, 0.15) is 39.0 Å². The van der Waals surface area contributed by atoms with Crippen LogP contribution >= 0.6 is 0 Å². The predicted octanol–water partition coefficient (Wildman–Crippen LogP) is 2.55. The molecule has 1 saturated heterocycles. The molecule has 21 heavy (non-hydrogen) atoms. The van der Waals surface area contributed by atoms with E-state index in [9.17, 15) is 0 Å². The lowest BCUT2D eigenvalue weighted by atomic mass is 10.1. The number of piperazine rings is 1. The molecule has 1 fully saturated rings. The number of nitrogens with one attached hydrogen (secondary N) is 1. The van der Waals surface area contributed by atoms with Crippen LogP contribution in [0.4, 0.5) is 0 Å². The van der Waals surface area contributed by atoms with Gasteiger partial charge in [0.2, 0.25) is 0 Å². The van der Waals surface area contributed by atoms with Gasteiger partial charge in [-0.15, -0.1) is 0 Å². The normalized spacial score (nSPS) is 24.9. The van der Waals surface area contributed by atoms with Crippen molar-refractivity contribution < 1.29 is 4.42 Å². The highest BCUT2D eigenvalue weighted by Crippen LogP contribution is 2.19. The molecule has 1 aliphatic heterocycles. The maximum absolute atomic E-state index is 5.66. The van der Waals surface area contributed by atoms with E-state index in [0.717, 1.165) is 38.5 Å². The van der Waals surface area contributed by atoms with Gasteiger partial charge in [0.15, 0.2) is 0 Å². The zero-order valence-corrected chi connectivity index (χ0v) is 14.2. The molecule has 2 atom stereocenters. The van der Waals surface area contributed by atoms with Gasteiger partial charge in [-0.1, -0.05) is 13.8 Å². The van der Waals surface area contributed by atoms with E-state index < -0.39 is 0 Å². The third-order valence-electron chi connectivity index (χ3n) is 4.51. The van der Waals surface area contributed by atoms with E-state index in [1.54, 1.807) is 0 Å². The fourth-order valence-corrected chi connectivity index (χ4v) is 3.02. The van der Waals surface area contributed by atoms with E-state index in [1.807, 2.05) is 6.26 Å². The molecule has 4 heteroatoms. The largest absolute Gasteiger partial charge is 0.468 e. The molecule has 4 nitrogen and oxygen atoms in total. The Hall–Kier alpha value is -0.840. The van der Waals surface area contributed by atoms with E-state index in [4.69, 9.17) is 4.42 Å². The molecule has 2 unspecified atom stereocenters. The quantitative estimate of drug-likeness (QED) is 0.873. The third kappa shape index (κ3) is 4.56. The second-order valence-corrected chi connectivity index (χ2v) is 6.95. The summed E-state index contributed by atoms with van der Waals surface area (Å²) in [6, 6.07) is 3.35. The minimum atomic E-state index is 0.614. The lowest BCUT2D eigenvalue weighted by Gasteiger charge is -2.42. The average Bonchev–Trinajstić information content (AvgIpc) is 2.83. The van der Waals surface area contributed by atoms with Crippen molar-refractivity contribution in [2.75, 3.05) is 26.7 Å². The Bertz CT molecular complexity index is 417. The zero-order chi connectivity index (χ0) is 15.4. The Balaban J connectivity index is 1.90. The lowest BCUT2D eigenvalue weighted by molar-refractivity contribution is 0.0553. The molecule has 1 N–H and O–H groups in total. The van der Waals surface area contributed by atoms with Crippen LogP contribution in [0, 0.1) is 5.92 Å². The SMILES string of the molecule is CC(C)CNCc1occc1CN1CC(C)N(C)C(C)C1. The summed E-state index contributed by atoms with van der Waals surface area (Å²) in [5.41, 5.74) is 1.33. The number of furan rings is 1. The van der Waals surface area contributed by atoms with Crippen molar-refractivity contribution in [3.8, 4) is 0 Å². The first-order valence-corrected chi connectivity index (χ1v) is 8.17. The van der Waals surface area contributed by atoms with Gasteiger partial charge in [-0.2, -0.15) is 0 Å². The fourth-order valence-electron chi connectivity index (χ4n) is 3.02. The van der Waals surface area contributed by atoms with Gasteiger partial charge in [-0.25, -0.2) is 0 Å². The molecule has 0 spiro atoms. The molecule has 1 aromatic heterocycles. The van der Waals surface area contributed by atoms with Crippen molar-refractivity contribution in [3.63, 3.8) is 0 Å². The molecule has 1 aliphatic rings. The summed E-state index contributed by atoms with van der Waals surface area (Å²) in [4.78, 5) is 5.02. The minimum absolute atomic E-state index is 0.614. The van der Waals surface area contributed by atoms with Crippen molar-refractivity contribution in [3.05, 3.63) is 23.7 Å². The first-order chi connectivity index (χ1) is 9.97. The van der Waals surface area contributed by atoms with Gasteiger partial charge in [-0.3, -0.25) is 9.80 Å². The van der Waals surface area contributed by atoms with E-state index >= 15 is 0 Å². The summed E-state index contributed by atoms with van der Waals surface area (Å²) in [6.45, 7) is 14.2. The van der Waals surface area contributed by atoms with Crippen molar-refractivity contribution in [2.24, 2.45) is 5.92 Å². The number of likely N-dealkylation sites (N-methyl/N-ethyl adjacent to an activating group) is 1. The average molecular weight is 293 g/mol. The Labute approximate surface area is 129 Å². The van der Waals surface area contributed by atoms with Crippen molar-refractivity contribution in [2.45, 2.75) is 52.9 Å². The number of hydrogen-bond acceptors (Lipinski definition) is 4. The molecule has 0 aromatic carbocycles. The van der Waals surface area contributed by atoms with Crippen LogP contribution in [0.15, 0.2) is 16.7 Å². The lowest BCUT2D eigenvalue weighted by Crippen LogP contribution is -2.54. The van der Waals surface area contributed by atoms with Crippen molar-refractivity contribution in [1.82, 2.24) is 15.1 Å². The molecule has 1 aromatic rings. The Kier molecular flexibility index (Phi) is 5.85. The van der Waals surface area contributed by atoms with Gasteiger partial charge >= 0.3 is 0 Å². The van der Waals surface area contributed by atoms with Crippen molar-refractivity contribution >= 4 is 0 Å². The summed E-state index contributed by atoms with van der Waals surface area (Å²) in [5.74, 6) is 1.76. The number of hydrogen-bond donors (Lipinski definition) is 1. The topological polar surface area (TPSA) is 31.7 Å². The van der Waals surface area contributed by atoms with Gasteiger partial charge in [0, 0.05) is 37.3 Å². The molecule has 120 valence electrons. The molecular weight excluding hydrogens is 262 g/mol. The van der Waals surface area contributed by atoms with Crippen LogP contribution in [-0.2, 0) is 13.1 Å². The molecule has 2 heterocycles. The second kappa shape index (κ2) is 7.43.